The largest absolute Gasteiger partial charge is 0.381 e. The molecule has 4 nitrogen and oxygen atoms in total. The van der Waals surface area contributed by atoms with E-state index in [1.54, 1.807) is 0 Å². The lowest BCUT2D eigenvalue weighted by atomic mass is 9.96. The molecule has 1 amide bonds. The predicted octanol–water partition coefficient (Wildman–Crippen LogP) is 3.50. The molecule has 1 atom stereocenters. The van der Waals surface area contributed by atoms with E-state index in [-0.39, 0.29) is 5.91 Å². The maximum Gasteiger partial charge on any atom is 0.251 e. The summed E-state index contributed by atoms with van der Waals surface area (Å²) >= 11 is 0. The number of ether oxygens (including phenoxy) is 1. The van der Waals surface area contributed by atoms with Gasteiger partial charge in [0.15, 0.2) is 0 Å². The molecule has 0 aliphatic carbocycles. The van der Waals surface area contributed by atoms with Gasteiger partial charge in [-0.2, -0.15) is 0 Å². The highest BCUT2D eigenvalue weighted by molar-refractivity contribution is 5.94. The number of hydrogen-bond donors (Lipinski definition) is 1. The van der Waals surface area contributed by atoms with E-state index in [4.69, 9.17) is 4.74 Å². The molecular weight excluding hydrogens is 324 g/mol. The molecule has 2 aromatic carbocycles. The predicted molar refractivity (Wildman–Crippen MR) is 104 cm³/mol. The second-order valence-electron chi connectivity index (χ2n) is 6.91. The van der Waals surface area contributed by atoms with Gasteiger partial charge in [-0.3, -0.25) is 4.79 Å². The van der Waals surface area contributed by atoms with Crippen molar-refractivity contribution < 1.29 is 9.53 Å². The molecule has 0 aromatic heterocycles. The Labute approximate surface area is 154 Å². The maximum atomic E-state index is 12.6. The summed E-state index contributed by atoms with van der Waals surface area (Å²) in [6.07, 6.45) is 5.39. The normalized spacial score (nSPS) is 19.1. The van der Waals surface area contributed by atoms with E-state index < -0.39 is 0 Å². The third-order valence-electron chi connectivity index (χ3n) is 5.10. The zero-order chi connectivity index (χ0) is 17.8. The highest BCUT2D eigenvalue weighted by atomic mass is 16.5. The second-order valence-corrected chi connectivity index (χ2v) is 6.91. The number of amides is 1. The molecule has 2 heterocycles. The zero-order valence-corrected chi connectivity index (χ0v) is 14.9. The van der Waals surface area contributed by atoms with Crippen molar-refractivity contribution >= 4 is 11.6 Å². The van der Waals surface area contributed by atoms with Crippen LogP contribution in [0.15, 0.2) is 60.7 Å². The van der Waals surface area contributed by atoms with Crippen LogP contribution in [0.1, 0.15) is 33.8 Å². The summed E-state index contributed by atoms with van der Waals surface area (Å²) in [5, 5.41) is 3.05. The van der Waals surface area contributed by atoms with E-state index in [1.807, 2.05) is 18.2 Å². The average Bonchev–Trinajstić information content (AvgIpc) is 3.40. The van der Waals surface area contributed by atoms with E-state index in [2.05, 4.69) is 52.7 Å². The van der Waals surface area contributed by atoms with Crippen LogP contribution in [0.2, 0.25) is 0 Å². The first-order chi connectivity index (χ1) is 12.8. The van der Waals surface area contributed by atoms with Gasteiger partial charge in [0.1, 0.15) is 0 Å². The van der Waals surface area contributed by atoms with Gasteiger partial charge in [-0.25, -0.2) is 0 Å². The van der Waals surface area contributed by atoms with E-state index in [0.717, 1.165) is 38.3 Å². The van der Waals surface area contributed by atoms with Crippen molar-refractivity contribution in [1.82, 2.24) is 5.32 Å². The van der Waals surface area contributed by atoms with Gasteiger partial charge in [0, 0.05) is 43.4 Å². The van der Waals surface area contributed by atoms with Crippen molar-refractivity contribution in [2.45, 2.75) is 18.9 Å². The summed E-state index contributed by atoms with van der Waals surface area (Å²) in [5.41, 5.74) is 4.22. The Morgan fingerprint density at radius 3 is 2.77 bits per heavy atom. The van der Waals surface area contributed by atoms with Crippen molar-refractivity contribution in [2.24, 2.45) is 0 Å². The number of anilines is 1. The molecule has 0 spiro atoms. The minimum absolute atomic E-state index is 0.0287. The summed E-state index contributed by atoms with van der Waals surface area (Å²) in [6, 6.07) is 16.3. The van der Waals surface area contributed by atoms with Crippen LogP contribution in [0.3, 0.4) is 0 Å². The van der Waals surface area contributed by atoms with Gasteiger partial charge in [-0.05, 0) is 41.8 Å². The van der Waals surface area contributed by atoms with Gasteiger partial charge in [-0.1, -0.05) is 36.4 Å². The maximum absolute atomic E-state index is 12.6. The monoisotopic (exact) mass is 348 g/mol. The Hall–Kier alpha value is -2.59. The van der Waals surface area contributed by atoms with E-state index in [0.29, 0.717) is 18.0 Å². The van der Waals surface area contributed by atoms with Crippen molar-refractivity contribution in [3.05, 3.63) is 77.4 Å². The van der Waals surface area contributed by atoms with Crippen molar-refractivity contribution in [2.75, 3.05) is 31.2 Å². The van der Waals surface area contributed by atoms with Gasteiger partial charge in [-0.15, -0.1) is 0 Å². The number of nitrogens with zero attached hydrogens (tertiary/aromatic N) is 1. The van der Waals surface area contributed by atoms with Crippen LogP contribution in [0.25, 0.3) is 0 Å². The van der Waals surface area contributed by atoms with Crippen LogP contribution >= 0.6 is 0 Å². The van der Waals surface area contributed by atoms with Crippen molar-refractivity contribution in [3.63, 3.8) is 0 Å². The smallest absolute Gasteiger partial charge is 0.251 e. The highest BCUT2D eigenvalue weighted by Crippen LogP contribution is 2.25. The molecule has 1 N–H and O–H groups in total. The summed E-state index contributed by atoms with van der Waals surface area (Å²) < 4.78 is 5.46. The first kappa shape index (κ1) is 16.9. The fraction of sp³-hybridized carbons (Fsp3) is 0.318. The number of benzene rings is 2. The average molecular weight is 348 g/mol. The molecule has 1 fully saturated rings. The molecule has 2 aliphatic heterocycles. The molecule has 0 radical (unpaired) electrons. The summed E-state index contributed by atoms with van der Waals surface area (Å²) in [4.78, 5) is 14.9. The third kappa shape index (κ3) is 3.81. The summed E-state index contributed by atoms with van der Waals surface area (Å²) in [5.74, 6) is 0.382. The quantitative estimate of drug-likeness (QED) is 0.841. The molecule has 2 aliphatic rings. The van der Waals surface area contributed by atoms with E-state index in [9.17, 15) is 4.79 Å². The lowest BCUT2D eigenvalue weighted by molar-refractivity contribution is 0.0950. The van der Waals surface area contributed by atoms with Gasteiger partial charge in [0.2, 0.25) is 0 Å². The Bertz CT molecular complexity index is 801. The lowest BCUT2D eigenvalue weighted by Gasteiger charge is -2.18. The zero-order valence-electron chi connectivity index (χ0n) is 14.9. The Kier molecular flexibility index (Phi) is 5.02. The molecule has 0 saturated carbocycles. The van der Waals surface area contributed by atoms with Crippen LogP contribution < -0.4 is 10.2 Å². The first-order valence-corrected chi connectivity index (χ1v) is 9.24. The molecule has 4 heteroatoms. The Morgan fingerprint density at radius 2 is 1.96 bits per heavy atom. The Balaban J connectivity index is 1.39. The molecule has 26 heavy (non-hydrogen) atoms. The van der Waals surface area contributed by atoms with Gasteiger partial charge < -0.3 is 15.0 Å². The number of rotatable bonds is 5. The number of hydrogen-bond acceptors (Lipinski definition) is 3. The minimum atomic E-state index is -0.0287. The summed E-state index contributed by atoms with van der Waals surface area (Å²) in [7, 11) is 0. The number of carbonyl (C=O) groups is 1. The molecular formula is C22H24N2O2. The van der Waals surface area contributed by atoms with Gasteiger partial charge in [0.05, 0.1) is 6.61 Å². The van der Waals surface area contributed by atoms with Crippen LogP contribution in [-0.2, 0) is 11.3 Å². The van der Waals surface area contributed by atoms with Crippen molar-refractivity contribution in [1.29, 1.82) is 0 Å². The molecule has 134 valence electrons. The topological polar surface area (TPSA) is 41.6 Å². The highest BCUT2D eigenvalue weighted by Gasteiger charge is 2.18. The lowest BCUT2D eigenvalue weighted by Crippen LogP contribution is -2.23. The van der Waals surface area contributed by atoms with E-state index in [1.165, 1.54) is 11.3 Å². The standard InChI is InChI=1S/C22H24N2O2/c25-22(19-7-4-6-18(14-19)20-9-12-26-16-20)23-15-17-5-3-8-21(13-17)24-10-1-2-11-24/h1-8,13-14,20H,9-12,15-16H2,(H,23,25)/t20-/m1/s1. The second kappa shape index (κ2) is 7.75. The number of nitrogens with one attached hydrogen (secondary N) is 1. The fourth-order valence-corrected chi connectivity index (χ4v) is 3.57. The minimum Gasteiger partial charge on any atom is -0.381 e. The first-order valence-electron chi connectivity index (χ1n) is 9.24. The molecule has 2 aromatic rings. The third-order valence-corrected chi connectivity index (χ3v) is 5.10. The van der Waals surface area contributed by atoms with Crippen LogP contribution in [0.4, 0.5) is 5.69 Å². The molecule has 0 unspecified atom stereocenters. The number of carbonyl (C=O) groups excluding carboxylic acids is 1. The molecule has 0 bridgehead atoms. The Morgan fingerprint density at radius 1 is 1.12 bits per heavy atom. The SMILES string of the molecule is O=C(NCc1cccc(N2CC=CC2)c1)c1cccc([C@@H]2CCOC2)c1. The molecule has 4 rings (SSSR count). The van der Waals surface area contributed by atoms with Gasteiger partial charge in [0.25, 0.3) is 5.91 Å². The van der Waals surface area contributed by atoms with Crippen LogP contribution in [0, 0.1) is 0 Å². The van der Waals surface area contributed by atoms with Crippen LogP contribution in [0.5, 0.6) is 0 Å². The van der Waals surface area contributed by atoms with Gasteiger partial charge >= 0.3 is 0 Å². The van der Waals surface area contributed by atoms with E-state index >= 15 is 0 Å². The van der Waals surface area contributed by atoms with Crippen molar-refractivity contribution in [3.8, 4) is 0 Å². The summed E-state index contributed by atoms with van der Waals surface area (Å²) in [6.45, 7) is 4.00. The fourth-order valence-electron chi connectivity index (χ4n) is 3.57. The van der Waals surface area contributed by atoms with Crippen LogP contribution in [-0.4, -0.2) is 32.2 Å². The molecule has 1 saturated heterocycles.